The highest BCUT2D eigenvalue weighted by Crippen LogP contribution is 2.29. The Hall–Kier alpha value is -1.74. The van der Waals surface area contributed by atoms with E-state index in [1.807, 2.05) is 18.3 Å². The monoisotopic (exact) mass is 252 g/mol. The molecule has 18 heavy (non-hydrogen) atoms. The first-order chi connectivity index (χ1) is 8.84. The molecule has 0 radical (unpaired) electrons. The summed E-state index contributed by atoms with van der Waals surface area (Å²) >= 11 is 5.39. The smallest absolute Gasteiger partial charge is 0.105 e. The van der Waals surface area contributed by atoms with Crippen LogP contribution in [0.4, 0.5) is 0 Å². The Morgan fingerprint density at radius 2 is 2.00 bits per heavy atom. The first-order valence-corrected chi connectivity index (χ1v) is 6.66. The molecular weight excluding hydrogens is 240 g/mol. The number of benzene rings is 1. The van der Waals surface area contributed by atoms with Gasteiger partial charge in [-0.25, -0.2) is 0 Å². The van der Waals surface area contributed by atoms with Crippen LogP contribution >= 0.6 is 12.2 Å². The standard InChI is InChI=1S/C15H12N2S/c18-13-6-2-5-12-14(13)16-9-11-4-1-3-10-7-8-17(12)15(10)11/h2,5-9H,1,3-4H2. The van der Waals surface area contributed by atoms with Gasteiger partial charge >= 0.3 is 0 Å². The molecule has 3 aliphatic rings. The summed E-state index contributed by atoms with van der Waals surface area (Å²) in [6, 6.07) is 8.28. The first-order valence-electron chi connectivity index (χ1n) is 6.25. The van der Waals surface area contributed by atoms with E-state index in [0.717, 1.165) is 22.3 Å². The van der Waals surface area contributed by atoms with Crippen molar-refractivity contribution in [2.75, 3.05) is 0 Å². The lowest BCUT2D eigenvalue weighted by molar-refractivity contribution is 0.803. The molecule has 1 aromatic heterocycles. The van der Waals surface area contributed by atoms with Crippen LogP contribution in [0.25, 0.3) is 16.9 Å². The molecule has 1 aliphatic heterocycles. The van der Waals surface area contributed by atoms with Crippen molar-refractivity contribution in [1.82, 2.24) is 9.38 Å². The highest BCUT2D eigenvalue weighted by Gasteiger charge is 2.16. The predicted molar refractivity (Wildman–Crippen MR) is 74.7 cm³/mol. The van der Waals surface area contributed by atoms with E-state index >= 15 is 0 Å². The second-order valence-corrected chi connectivity index (χ2v) is 5.26. The van der Waals surface area contributed by atoms with Gasteiger partial charge in [0, 0.05) is 12.4 Å². The minimum absolute atomic E-state index is 0.824. The molecule has 0 saturated heterocycles. The third-order valence-electron chi connectivity index (χ3n) is 3.75. The van der Waals surface area contributed by atoms with Gasteiger partial charge in [-0.2, -0.15) is 0 Å². The lowest BCUT2D eigenvalue weighted by atomic mass is 9.98. The van der Waals surface area contributed by atoms with Crippen molar-refractivity contribution in [3.8, 4) is 11.4 Å². The molecule has 0 N–H and O–H groups in total. The molecule has 1 aromatic rings. The Kier molecular flexibility index (Phi) is 2.06. The van der Waals surface area contributed by atoms with Gasteiger partial charge in [0.25, 0.3) is 0 Å². The van der Waals surface area contributed by atoms with Gasteiger partial charge in [0.2, 0.25) is 0 Å². The number of nitrogens with zero attached hydrogens (tertiary/aromatic N) is 2. The summed E-state index contributed by atoms with van der Waals surface area (Å²) < 4.78 is 3.08. The zero-order valence-electron chi connectivity index (χ0n) is 9.89. The van der Waals surface area contributed by atoms with Gasteiger partial charge in [-0.05, 0) is 48.6 Å². The van der Waals surface area contributed by atoms with Crippen LogP contribution in [0.3, 0.4) is 0 Å². The molecule has 2 nitrogen and oxygen atoms in total. The van der Waals surface area contributed by atoms with Crippen LogP contribution in [0.5, 0.6) is 0 Å². The third-order valence-corrected chi connectivity index (χ3v) is 4.08. The minimum Gasteiger partial charge on any atom is -0.314 e. The normalized spacial score (nSPS) is 14.2. The Morgan fingerprint density at radius 3 is 2.94 bits per heavy atom. The molecule has 2 aliphatic carbocycles. The van der Waals surface area contributed by atoms with Crippen LogP contribution in [0, 0.1) is 4.51 Å². The predicted octanol–water partition coefficient (Wildman–Crippen LogP) is 3.66. The van der Waals surface area contributed by atoms with Crippen molar-refractivity contribution < 1.29 is 0 Å². The summed E-state index contributed by atoms with van der Waals surface area (Å²) in [6.07, 6.45) is 7.66. The van der Waals surface area contributed by atoms with Crippen LogP contribution in [0.15, 0.2) is 36.7 Å². The van der Waals surface area contributed by atoms with Crippen molar-refractivity contribution in [2.45, 2.75) is 19.3 Å². The van der Waals surface area contributed by atoms with Gasteiger partial charge in [0.1, 0.15) is 5.69 Å². The van der Waals surface area contributed by atoms with Crippen LogP contribution in [-0.4, -0.2) is 9.38 Å². The molecule has 0 amide bonds. The average molecular weight is 252 g/mol. The molecule has 0 aromatic carbocycles. The molecule has 3 heteroatoms. The highest BCUT2D eigenvalue weighted by atomic mass is 32.1. The molecule has 4 rings (SSSR count). The SMILES string of the molecule is S=c1cccc2n3ccc4c3c(cnc1-2)CCC4. The second-order valence-electron chi connectivity index (χ2n) is 4.82. The lowest BCUT2D eigenvalue weighted by Crippen LogP contribution is -1.99. The fraction of sp³-hybridized carbons (Fsp3) is 0.200. The van der Waals surface area contributed by atoms with E-state index < -0.39 is 0 Å². The van der Waals surface area contributed by atoms with Gasteiger partial charge in [-0.3, -0.25) is 4.98 Å². The first kappa shape index (κ1) is 10.2. The van der Waals surface area contributed by atoms with E-state index in [0.29, 0.717) is 0 Å². The largest absolute Gasteiger partial charge is 0.314 e. The molecule has 0 unspecified atom stereocenters. The summed E-state index contributed by atoms with van der Waals surface area (Å²) in [5.74, 6) is 0. The molecule has 0 fully saturated rings. The molecule has 88 valence electrons. The maximum Gasteiger partial charge on any atom is 0.105 e. The molecule has 2 heterocycles. The van der Waals surface area contributed by atoms with Crippen LogP contribution in [0.2, 0.25) is 0 Å². The zero-order valence-corrected chi connectivity index (χ0v) is 10.7. The van der Waals surface area contributed by atoms with Crippen molar-refractivity contribution in [3.63, 3.8) is 0 Å². The molecule has 0 saturated carbocycles. The highest BCUT2D eigenvalue weighted by molar-refractivity contribution is 7.71. The van der Waals surface area contributed by atoms with Crippen molar-refractivity contribution >= 4 is 17.7 Å². The van der Waals surface area contributed by atoms with Gasteiger partial charge in [0.05, 0.1) is 15.7 Å². The van der Waals surface area contributed by atoms with Crippen LogP contribution < -0.4 is 0 Å². The molecule has 0 bridgehead atoms. The third kappa shape index (κ3) is 1.28. The Morgan fingerprint density at radius 1 is 1.11 bits per heavy atom. The summed E-state index contributed by atoms with van der Waals surface area (Å²) in [5.41, 5.74) is 6.14. The number of aromatic nitrogens is 2. The number of hydrogen-bond acceptors (Lipinski definition) is 2. The Balaban J connectivity index is 2.28. The zero-order chi connectivity index (χ0) is 12.1. The van der Waals surface area contributed by atoms with E-state index in [4.69, 9.17) is 12.2 Å². The van der Waals surface area contributed by atoms with E-state index in [2.05, 4.69) is 27.7 Å². The van der Waals surface area contributed by atoms with E-state index in [-0.39, 0.29) is 0 Å². The fourth-order valence-corrected chi connectivity index (χ4v) is 3.16. The molecular formula is C15H12N2S. The number of rotatable bonds is 0. The Labute approximate surface area is 110 Å². The summed E-state index contributed by atoms with van der Waals surface area (Å²) in [7, 11) is 0. The topological polar surface area (TPSA) is 17.3 Å². The van der Waals surface area contributed by atoms with Crippen molar-refractivity contribution in [3.05, 3.63) is 52.3 Å². The van der Waals surface area contributed by atoms with E-state index in [9.17, 15) is 0 Å². The van der Waals surface area contributed by atoms with Crippen LogP contribution in [-0.2, 0) is 12.8 Å². The maximum atomic E-state index is 5.39. The molecule has 0 spiro atoms. The van der Waals surface area contributed by atoms with Gasteiger partial charge in [-0.1, -0.05) is 18.3 Å². The van der Waals surface area contributed by atoms with Gasteiger partial charge in [-0.15, -0.1) is 0 Å². The fourth-order valence-electron chi connectivity index (χ4n) is 2.93. The molecule has 0 atom stereocenters. The van der Waals surface area contributed by atoms with Gasteiger partial charge in [0.15, 0.2) is 0 Å². The summed E-state index contributed by atoms with van der Waals surface area (Å²) in [6.45, 7) is 0. The average Bonchev–Trinajstić information content (AvgIpc) is 2.73. The van der Waals surface area contributed by atoms with Crippen molar-refractivity contribution in [2.24, 2.45) is 0 Å². The number of para-hydroxylation sites is 1. The summed E-state index contributed by atoms with van der Waals surface area (Å²) in [4.78, 5) is 4.61. The maximum absolute atomic E-state index is 5.39. The van der Waals surface area contributed by atoms with Crippen molar-refractivity contribution in [1.29, 1.82) is 0 Å². The number of hydrogen-bond donors (Lipinski definition) is 0. The van der Waals surface area contributed by atoms with Gasteiger partial charge < -0.3 is 4.40 Å². The van der Waals surface area contributed by atoms with E-state index in [1.165, 1.54) is 29.5 Å². The van der Waals surface area contributed by atoms with E-state index in [1.54, 1.807) is 0 Å². The quantitative estimate of drug-likeness (QED) is 0.568. The number of aryl methyl sites for hydroxylation is 2. The summed E-state index contributed by atoms with van der Waals surface area (Å²) in [5, 5.41) is 0. The second kappa shape index (κ2) is 3.62. The van der Waals surface area contributed by atoms with Crippen LogP contribution in [0.1, 0.15) is 17.5 Å². The Bertz CT molecular complexity index is 788. The minimum atomic E-state index is 0.824. The number of fused-ring (bicyclic) bond motifs is 2. The lowest BCUT2D eigenvalue weighted by Gasteiger charge is -2.10.